The molecule has 1 aliphatic rings. The number of rotatable bonds is 0. The molecule has 1 heterocycles. The Labute approximate surface area is 56.8 Å². The first kappa shape index (κ1) is 7.81. The molecule has 0 aliphatic carbocycles. The number of halogens is 3. The topological polar surface area (TPSA) is 24.1 Å². The van der Waals surface area contributed by atoms with E-state index in [0.717, 1.165) is 6.92 Å². The number of alkyl halides is 3. The largest absolute Gasteiger partial charge is 0.419 e. The molecule has 1 aliphatic heterocycles. The Kier molecular flexibility index (Phi) is 1.64. The molecular formula is C5H9F3N2. The van der Waals surface area contributed by atoms with Crippen molar-refractivity contribution in [3.05, 3.63) is 0 Å². The molecule has 0 aromatic rings. The summed E-state index contributed by atoms with van der Waals surface area (Å²) < 4.78 is 36.1. The summed E-state index contributed by atoms with van der Waals surface area (Å²) in [6.07, 6.45) is -4.20. The van der Waals surface area contributed by atoms with E-state index in [1.54, 1.807) is 0 Å². The van der Waals surface area contributed by atoms with E-state index in [-0.39, 0.29) is 0 Å². The van der Waals surface area contributed by atoms with E-state index >= 15 is 0 Å². The summed E-state index contributed by atoms with van der Waals surface area (Å²) in [4.78, 5) is 0. The van der Waals surface area contributed by atoms with E-state index in [9.17, 15) is 13.2 Å². The molecule has 1 fully saturated rings. The van der Waals surface area contributed by atoms with Crippen LogP contribution in [0.2, 0.25) is 0 Å². The minimum atomic E-state index is -4.20. The van der Waals surface area contributed by atoms with Gasteiger partial charge in [0.05, 0.1) is 0 Å². The highest BCUT2D eigenvalue weighted by Crippen LogP contribution is 2.28. The lowest BCUT2D eigenvalue weighted by molar-refractivity contribution is -0.193. The van der Waals surface area contributed by atoms with Crippen LogP contribution in [0.3, 0.4) is 0 Å². The lowest BCUT2D eigenvalue weighted by Gasteiger charge is -2.27. The third-order valence-corrected chi connectivity index (χ3v) is 1.65. The van der Waals surface area contributed by atoms with Crippen LogP contribution in [0.15, 0.2) is 0 Å². The lowest BCUT2D eigenvalue weighted by Crippen LogP contribution is -2.58. The van der Waals surface area contributed by atoms with Gasteiger partial charge in [-0.2, -0.15) is 13.2 Å². The first-order valence-electron chi connectivity index (χ1n) is 3.02. The van der Waals surface area contributed by atoms with E-state index < -0.39 is 11.8 Å². The molecule has 1 saturated heterocycles. The zero-order valence-corrected chi connectivity index (χ0v) is 5.55. The molecule has 2 N–H and O–H groups in total. The maximum Gasteiger partial charge on any atom is 0.419 e. The van der Waals surface area contributed by atoms with E-state index in [0.29, 0.717) is 13.1 Å². The SMILES string of the molecule is CC1(C(F)(F)F)NCCN1. The molecule has 60 valence electrons. The minimum Gasteiger partial charge on any atom is -0.291 e. The summed E-state index contributed by atoms with van der Waals surface area (Å²) in [7, 11) is 0. The average Bonchev–Trinajstić information content (AvgIpc) is 2.13. The Morgan fingerprint density at radius 3 is 1.80 bits per heavy atom. The van der Waals surface area contributed by atoms with E-state index in [2.05, 4.69) is 10.6 Å². The molecule has 0 spiro atoms. The van der Waals surface area contributed by atoms with Gasteiger partial charge in [0.1, 0.15) is 0 Å². The summed E-state index contributed by atoms with van der Waals surface area (Å²) in [5.41, 5.74) is -1.87. The van der Waals surface area contributed by atoms with Gasteiger partial charge in [-0.15, -0.1) is 0 Å². The van der Waals surface area contributed by atoms with Gasteiger partial charge in [-0.25, -0.2) is 0 Å². The van der Waals surface area contributed by atoms with Gasteiger partial charge < -0.3 is 0 Å². The van der Waals surface area contributed by atoms with E-state index in [1.165, 1.54) is 0 Å². The third kappa shape index (κ3) is 1.11. The number of hydrogen-bond donors (Lipinski definition) is 2. The molecule has 0 atom stereocenters. The molecule has 0 aromatic heterocycles. The van der Waals surface area contributed by atoms with Crippen LogP contribution in [0, 0.1) is 0 Å². The van der Waals surface area contributed by atoms with Crippen LogP contribution in [-0.4, -0.2) is 24.9 Å². The molecule has 0 aromatic carbocycles. The third-order valence-electron chi connectivity index (χ3n) is 1.65. The maximum absolute atomic E-state index is 12.0. The zero-order valence-electron chi connectivity index (χ0n) is 5.55. The lowest BCUT2D eigenvalue weighted by atomic mass is 10.2. The van der Waals surface area contributed by atoms with Crippen LogP contribution >= 0.6 is 0 Å². The van der Waals surface area contributed by atoms with Gasteiger partial charge in [0, 0.05) is 13.1 Å². The summed E-state index contributed by atoms with van der Waals surface area (Å²) in [6.45, 7) is 1.84. The van der Waals surface area contributed by atoms with Gasteiger partial charge >= 0.3 is 6.18 Å². The van der Waals surface area contributed by atoms with Crippen molar-refractivity contribution >= 4 is 0 Å². The summed E-state index contributed by atoms with van der Waals surface area (Å²) in [5, 5.41) is 4.67. The van der Waals surface area contributed by atoms with Gasteiger partial charge in [-0.3, -0.25) is 10.6 Å². The summed E-state index contributed by atoms with van der Waals surface area (Å²) in [6, 6.07) is 0. The second-order valence-electron chi connectivity index (χ2n) is 2.48. The highest BCUT2D eigenvalue weighted by molar-refractivity contribution is 4.92. The van der Waals surface area contributed by atoms with Crippen LogP contribution < -0.4 is 10.6 Å². The first-order valence-corrected chi connectivity index (χ1v) is 3.02. The predicted molar refractivity (Wildman–Crippen MR) is 30.5 cm³/mol. The fourth-order valence-corrected chi connectivity index (χ4v) is 0.888. The predicted octanol–water partition coefficient (Wildman–Crippen LogP) is 0.458. The molecule has 0 saturated carbocycles. The molecule has 5 heteroatoms. The molecule has 10 heavy (non-hydrogen) atoms. The van der Waals surface area contributed by atoms with Crippen molar-refractivity contribution in [2.45, 2.75) is 18.8 Å². The molecule has 0 radical (unpaired) electrons. The molecule has 1 rings (SSSR count). The van der Waals surface area contributed by atoms with Crippen molar-refractivity contribution in [2.24, 2.45) is 0 Å². The standard InChI is InChI=1S/C5H9F3N2/c1-4(5(6,7)8)9-2-3-10-4/h9-10H,2-3H2,1H3. The Morgan fingerprint density at radius 1 is 1.20 bits per heavy atom. The van der Waals surface area contributed by atoms with Crippen molar-refractivity contribution in [3.8, 4) is 0 Å². The van der Waals surface area contributed by atoms with Crippen LogP contribution in [0.4, 0.5) is 13.2 Å². The summed E-state index contributed by atoms with van der Waals surface area (Å²) in [5.74, 6) is 0. The van der Waals surface area contributed by atoms with E-state index in [4.69, 9.17) is 0 Å². The normalized spacial score (nSPS) is 25.2. The second-order valence-corrected chi connectivity index (χ2v) is 2.48. The fraction of sp³-hybridized carbons (Fsp3) is 1.00. The first-order chi connectivity index (χ1) is 4.46. The van der Waals surface area contributed by atoms with E-state index in [1.807, 2.05) is 0 Å². The van der Waals surface area contributed by atoms with Crippen molar-refractivity contribution in [1.29, 1.82) is 0 Å². The highest BCUT2D eigenvalue weighted by atomic mass is 19.4. The number of nitrogens with one attached hydrogen (secondary N) is 2. The van der Waals surface area contributed by atoms with Crippen LogP contribution in [-0.2, 0) is 0 Å². The monoisotopic (exact) mass is 154 g/mol. The van der Waals surface area contributed by atoms with Crippen LogP contribution in [0.5, 0.6) is 0 Å². The zero-order chi connectivity index (χ0) is 7.83. The van der Waals surface area contributed by atoms with Crippen molar-refractivity contribution in [3.63, 3.8) is 0 Å². The molecule has 0 bridgehead atoms. The van der Waals surface area contributed by atoms with Gasteiger partial charge in [-0.05, 0) is 6.92 Å². The van der Waals surface area contributed by atoms with Crippen LogP contribution in [0.25, 0.3) is 0 Å². The molecule has 0 unspecified atom stereocenters. The Morgan fingerprint density at radius 2 is 1.60 bits per heavy atom. The quantitative estimate of drug-likeness (QED) is 0.529. The van der Waals surface area contributed by atoms with Gasteiger partial charge in [0.15, 0.2) is 5.66 Å². The van der Waals surface area contributed by atoms with Crippen molar-refractivity contribution in [1.82, 2.24) is 10.6 Å². The Balaban J connectivity index is 2.67. The molecule has 0 amide bonds. The van der Waals surface area contributed by atoms with Gasteiger partial charge in [-0.1, -0.05) is 0 Å². The number of hydrogen-bond acceptors (Lipinski definition) is 2. The summed E-state index contributed by atoms with van der Waals surface area (Å²) >= 11 is 0. The molecule has 2 nitrogen and oxygen atoms in total. The Bertz CT molecular complexity index is 125. The molecular weight excluding hydrogens is 145 g/mol. The maximum atomic E-state index is 12.0. The Hall–Kier alpha value is -0.290. The smallest absolute Gasteiger partial charge is 0.291 e. The van der Waals surface area contributed by atoms with Crippen LogP contribution in [0.1, 0.15) is 6.92 Å². The fourth-order valence-electron chi connectivity index (χ4n) is 0.888. The van der Waals surface area contributed by atoms with Gasteiger partial charge in [0.2, 0.25) is 0 Å². The minimum absolute atomic E-state index is 0.371. The van der Waals surface area contributed by atoms with Crippen molar-refractivity contribution < 1.29 is 13.2 Å². The second kappa shape index (κ2) is 2.10. The average molecular weight is 154 g/mol. The highest BCUT2D eigenvalue weighted by Gasteiger charge is 2.52. The van der Waals surface area contributed by atoms with Crippen molar-refractivity contribution in [2.75, 3.05) is 13.1 Å². The van der Waals surface area contributed by atoms with Gasteiger partial charge in [0.25, 0.3) is 0 Å².